The zero-order valence-electron chi connectivity index (χ0n) is 7.35. The molecular weight excluding hydrogens is 168 g/mol. The molecule has 1 rings (SSSR count). The second kappa shape index (κ2) is 4.24. The predicted molar refractivity (Wildman–Crippen MR) is 51.1 cm³/mol. The molecule has 0 saturated heterocycles. The van der Waals surface area contributed by atoms with E-state index in [4.69, 9.17) is 5.26 Å². The van der Waals surface area contributed by atoms with Crippen LogP contribution in [-0.2, 0) is 6.54 Å². The minimum atomic E-state index is 0.427. The average molecular weight is 180 g/mol. The van der Waals surface area contributed by atoms with Crippen molar-refractivity contribution in [2.75, 3.05) is 6.54 Å². The minimum absolute atomic E-state index is 0.427. The van der Waals surface area contributed by atoms with E-state index in [2.05, 4.69) is 31.3 Å². The van der Waals surface area contributed by atoms with Crippen LogP contribution in [-0.4, -0.2) is 6.54 Å². The molecule has 0 aromatic carbocycles. The van der Waals surface area contributed by atoms with Gasteiger partial charge in [0, 0.05) is 16.3 Å². The summed E-state index contributed by atoms with van der Waals surface area (Å²) >= 11 is 1.79. The van der Waals surface area contributed by atoms with Gasteiger partial charge in [-0.25, -0.2) is 0 Å². The van der Waals surface area contributed by atoms with Crippen molar-refractivity contribution < 1.29 is 0 Å². The lowest BCUT2D eigenvalue weighted by molar-refractivity contribution is 0.776. The van der Waals surface area contributed by atoms with Gasteiger partial charge >= 0.3 is 0 Å². The molecule has 64 valence electrons. The molecule has 0 spiro atoms. The van der Waals surface area contributed by atoms with E-state index >= 15 is 0 Å². The molecule has 0 aliphatic heterocycles. The Morgan fingerprint density at radius 1 is 1.58 bits per heavy atom. The molecule has 0 saturated carbocycles. The zero-order chi connectivity index (χ0) is 8.97. The van der Waals surface area contributed by atoms with Crippen LogP contribution in [0.2, 0.25) is 0 Å². The van der Waals surface area contributed by atoms with Gasteiger partial charge in [0.2, 0.25) is 0 Å². The molecule has 1 aromatic rings. The summed E-state index contributed by atoms with van der Waals surface area (Å²) in [7, 11) is 0. The summed E-state index contributed by atoms with van der Waals surface area (Å²) in [6, 6.07) is 4.22. The van der Waals surface area contributed by atoms with Crippen molar-refractivity contribution in [3.05, 3.63) is 21.4 Å². The van der Waals surface area contributed by atoms with E-state index in [1.54, 1.807) is 11.3 Å². The lowest BCUT2D eigenvalue weighted by atomic mass is 10.3. The lowest BCUT2D eigenvalue weighted by Crippen LogP contribution is -2.11. The fourth-order valence-electron chi connectivity index (χ4n) is 0.978. The quantitative estimate of drug-likeness (QED) is 0.570. The second-order valence-electron chi connectivity index (χ2n) is 2.71. The van der Waals surface area contributed by atoms with Crippen LogP contribution >= 0.6 is 11.3 Å². The highest BCUT2D eigenvalue weighted by Gasteiger charge is 1.99. The molecule has 3 heteroatoms. The standard InChI is InChI=1S/C9H12N2S/c1-7-5-9(12-8(7)2)6-11-4-3-10/h5,11H,4,6H2,1-2H3. The second-order valence-corrected chi connectivity index (χ2v) is 4.05. The van der Waals surface area contributed by atoms with Crippen molar-refractivity contribution in [2.45, 2.75) is 20.4 Å². The number of rotatable bonds is 3. The zero-order valence-corrected chi connectivity index (χ0v) is 8.16. The first kappa shape index (κ1) is 9.24. The highest BCUT2D eigenvalue weighted by molar-refractivity contribution is 7.12. The third-order valence-electron chi connectivity index (χ3n) is 1.72. The van der Waals surface area contributed by atoms with Crippen LogP contribution in [0.25, 0.3) is 0 Å². The Hall–Kier alpha value is -0.850. The normalized spacial score (nSPS) is 9.75. The molecule has 1 N–H and O–H groups in total. The van der Waals surface area contributed by atoms with Gasteiger partial charge < -0.3 is 0 Å². The van der Waals surface area contributed by atoms with Crippen LogP contribution in [0.3, 0.4) is 0 Å². The SMILES string of the molecule is Cc1cc(CNCC#N)sc1C. The van der Waals surface area contributed by atoms with Crippen molar-refractivity contribution >= 4 is 11.3 Å². The van der Waals surface area contributed by atoms with Gasteiger partial charge in [-0.05, 0) is 25.5 Å². The Bertz CT molecular complexity index is 276. The van der Waals surface area contributed by atoms with Crippen LogP contribution in [0.15, 0.2) is 6.07 Å². The van der Waals surface area contributed by atoms with Crippen LogP contribution < -0.4 is 5.32 Å². The summed E-state index contributed by atoms with van der Waals surface area (Å²) in [6.45, 7) is 5.47. The first-order valence-corrected chi connectivity index (χ1v) is 4.69. The topological polar surface area (TPSA) is 35.8 Å². The Morgan fingerprint density at radius 3 is 2.83 bits per heavy atom. The molecule has 0 amide bonds. The summed E-state index contributed by atoms with van der Waals surface area (Å²) in [5.74, 6) is 0. The van der Waals surface area contributed by atoms with E-state index in [0.29, 0.717) is 6.54 Å². The van der Waals surface area contributed by atoms with E-state index in [-0.39, 0.29) is 0 Å². The monoisotopic (exact) mass is 180 g/mol. The Kier molecular flexibility index (Phi) is 3.27. The highest BCUT2D eigenvalue weighted by Crippen LogP contribution is 2.19. The number of aryl methyl sites for hydroxylation is 2. The van der Waals surface area contributed by atoms with Crippen LogP contribution in [0, 0.1) is 25.2 Å². The van der Waals surface area contributed by atoms with Gasteiger partial charge in [-0.15, -0.1) is 11.3 Å². The molecule has 0 unspecified atom stereocenters. The maximum absolute atomic E-state index is 8.29. The largest absolute Gasteiger partial charge is 0.300 e. The summed E-state index contributed by atoms with van der Waals surface area (Å²) < 4.78 is 0. The summed E-state index contributed by atoms with van der Waals surface area (Å²) in [6.07, 6.45) is 0. The first-order valence-electron chi connectivity index (χ1n) is 3.87. The molecule has 0 atom stereocenters. The molecule has 0 radical (unpaired) electrons. The Balaban J connectivity index is 2.48. The van der Waals surface area contributed by atoms with Gasteiger partial charge in [0.1, 0.15) is 0 Å². The average Bonchev–Trinajstić information content (AvgIpc) is 2.32. The number of nitrogens with one attached hydrogen (secondary N) is 1. The molecule has 0 aliphatic rings. The highest BCUT2D eigenvalue weighted by atomic mass is 32.1. The molecule has 1 aromatic heterocycles. The number of hydrogen-bond acceptors (Lipinski definition) is 3. The number of thiophene rings is 1. The van der Waals surface area contributed by atoms with Crippen molar-refractivity contribution in [1.82, 2.24) is 5.32 Å². The fraction of sp³-hybridized carbons (Fsp3) is 0.444. The molecule has 0 fully saturated rings. The van der Waals surface area contributed by atoms with E-state index in [1.807, 2.05) is 0 Å². The molecular formula is C9H12N2S. The Morgan fingerprint density at radius 2 is 2.33 bits per heavy atom. The maximum atomic E-state index is 8.29. The van der Waals surface area contributed by atoms with Crippen molar-refractivity contribution in [2.24, 2.45) is 0 Å². The fourth-order valence-corrected chi connectivity index (χ4v) is 2.00. The smallest absolute Gasteiger partial charge is 0.0843 e. The predicted octanol–water partition coefficient (Wildman–Crippen LogP) is 1.98. The van der Waals surface area contributed by atoms with Gasteiger partial charge in [-0.3, -0.25) is 5.32 Å². The van der Waals surface area contributed by atoms with Crippen LogP contribution in [0.1, 0.15) is 15.3 Å². The Labute approximate surface area is 76.8 Å². The van der Waals surface area contributed by atoms with Gasteiger partial charge in [0.25, 0.3) is 0 Å². The van der Waals surface area contributed by atoms with E-state index < -0.39 is 0 Å². The third-order valence-corrected chi connectivity index (χ3v) is 2.87. The van der Waals surface area contributed by atoms with Crippen LogP contribution in [0.4, 0.5) is 0 Å². The number of nitriles is 1. The minimum Gasteiger partial charge on any atom is -0.300 e. The van der Waals surface area contributed by atoms with Gasteiger partial charge in [-0.1, -0.05) is 0 Å². The first-order chi connectivity index (χ1) is 5.74. The molecule has 0 aliphatic carbocycles. The molecule has 2 nitrogen and oxygen atoms in total. The van der Waals surface area contributed by atoms with Gasteiger partial charge in [0.05, 0.1) is 12.6 Å². The van der Waals surface area contributed by atoms with E-state index in [0.717, 1.165) is 6.54 Å². The van der Waals surface area contributed by atoms with Crippen LogP contribution in [0.5, 0.6) is 0 Å². The third kappa shape index (κ3) is 2.33. The van der Waals surface area contributed by atoms with Gasteiger partial charge in [-0.2, -0.15) is 5.26 Å². The molecule has 0 bridgehead atoms. The maximum Gasteiger partial charge on any atom is 0.0843 e. The lowest BCUT2D eigenvalue weighted by Gasteiger charge is -1.93. The van der Waals surface area contributed by atoms with Crippen molar-refractivity contribution in [1.29, 1.82) is 5.26 Å². The van der Waals surface area contributed by atoms with Crippen molar-refractivity contribution in [3.63, 3.8) is 0 Å². The molecule has 12 heavy (non-hydrogen) atoms. The van der Waals surface area contributed by atoms with Crippen molar-refractivity contribution in [3.8, 4) is 6.07 Å². The van der Waals surface area contributed by atoms with E-state index in [1.165, 1.54) is 15.3 Å². The summed E-state index contributed by atoms with van der Waals surface area (Å²) in [5, 5.41) is 11.3. The number of hydrogen-bond donors (Lipinski definition) is 1. The number of nitrogens with zero attached hydrogens (tertiary/aromatic N) is 1. The van der Waals surface area contributed by atoms with Gasteiger partial charge in [0.15, 0.2) is 0 Å². The molecule has 1 heterocycles. The van der Waals surface area contributed by atoms with E-state index in [9.17, 15) is 0 Å². The summed E-state index contributed by atoms with van der Waals surface area (Å²) in [4.78, 5) is 2.67. The summed E-state index contributed by atoms with van der Waals surface area (Å²) in [5.41, 5.74) is 1.34.